The van der Waals surface area contributed by atoms with Crippen molar-refractivity contribution in [2.45, 2.75) is 38.3 Å². The Morgan fingerprint density at radius 2 is 1.75 bits per heavy atom. The summed E-state index contributed by atoms with van der Waals surface area (Å²) < 4.78 is 5.36. The van der Waals surface area contributed by atoms with Gasteiger partial charge in [-0.15, -0.1) is 0 Å². The fourth-order valence-electron chi connectivity index (χ4n) is 4.56. The highest BCUT2D eigenvalue weighted by atomic mass is 35.5. The van der Waals surface area contributed by atoms with Gasteiger partial charge in [0.05, 0.1) is 0 Å². The van der Waals surface area contributed by atoms with Crippen LogP contribution in [-0.2, 0) is 17.9 Å². The third kappa shape index (κ3) is 5.76. The Labute approximate surface area is 216 Å². The third-order valence-electron chi connectivity index (χ3n) is 6.52. The van der Waals surface area contributed by atoms with Crippen LogP contribution in [0.5, 0.6) is 0 Å². The number of hydrogen-bond acceptors (Lipinski definition) is 4. The molecule has 4 aromatic rings. The summed E-state index contributed by atoms with van der Waals surface area (Å²) in [6.07, 6.45) is 2.41. The first-order valence-corrected chi connectivity index (χ1v) is 12.4. The van der Waals surface area contributed by atoms with Crippen molar-refractivity contribution >= 4 is 23.4 Å². The number of hydrogen-bond donors (Lipinski definition) is 2. The quantitative estimate of drug-likeness (QED) is 0.283. The second-order valence-electron chi connectivity index (χ2n) is 9.26. The highest BCUT2D eigenvalue weighted by Gasteiger charge is 2.40. The number of aryl methyl sites for hydroxylation is 1. The molecule has 5 rings (SSSR count). The molecule has 1 aromatic heterocycles. The Morgan fingerprint density at radius 3 is 2.47 bits per heavy atom. The maximum atomic E-state index is 12.4. The van der Waals surface area contributed by atoms with Crippen LogP contribution < -0.4 is 11.1 Å². The molecule has 0 saturated heterocycles. The van der Waals surface area contributed by atoms with E-state index in [-0.39, 0.29) is 6.61 Å². The lowest BCUT2D eigenvalue weighted by Crippen LogP contribution is -2.13. The van der Waals surface area contributed by atoms with Gasteiger partial charge in [-0.1, -0.05) is 60.1 Å². The van der Waals surface area contributed by atoms with E-state index in [4.69, 9.17) is 22.1 Å². The van der Waals surface area contributed by atoms with Crippen LogP contribution in [0.1, 0.15) is 46.2 Å². The van der Waals surface area contributed by atoms with E-state index in [1.165, 1.54) is 5.56 Å². The van der Waals surface area contributed by atoms with Gasteiger partial charge in [0.15, 0.2) is 0 Å². The first-order chi connectivity index (χ1) is 17.5. The molecule has 1 amide bonds. The Kier molecular flexibility index (Phi) is 7.03. The predicted octanol–water partition coefficient (Wildman–Crippen LogP) is 7.19. The molecule has 1 saturated carbocycles. The summed E-state index contributed by atoms with van der Waals surface area (Å²) in [4.78, 5) is 16.8. The number of halogens is 1. The zero-order valence-corrected chi connectivity index (χ0v) is 20.8. The van der Waals surface area contributed by atoms with Crippen molar-refractivity contribution in [2.24, 2.45) is 5.73 Å². The van der Waals surface area contributed by atoms with Gasteiger partial charge >= 0.3 is 6.09 Å². The van der Waals surface area contributed by atoms with E-state index >= 15 is 0 Å². The summed E-state index contributed by atoms with van der Waals surface area (Å²) in [6, 6.07) is 26.0. The fraction of sp³-hybridized carbons (Fsp3) is 0.200. The van der Waals surface area contributed by atoms with Crippen molar-refractivity contribution < 1.29 is 9.53 Å². The summed E-state index contributed by atoms with van der Waals surface area (Å²) in [5, 5.41) is 3.40. The number of benzene rings is 3. The molecule has 3 aromatic carbocycles. The van der Waals surface area contributed by atoms with Crippen molar-refractivity contribution in [3.8, 4) is 11.1 Å². The van der Waals surface area contributed by atoms with Gasteiger partial charge in [0.2, 0.25) is 0 Å². The number of carbonyl (C=O) groups excluding carboxylic acids is 1. The molecule has 0 bridgehead atoms. The maximum Gasteiger partial charge on any atom is 0.411 e. The maximum absolute atomic E-state index is 12.4. The van der Waals surface area contributed by atoms with E-state index in [0.29, 0.717) is 29.1 Å². The van der Waals surface area contributed by atoms with E-state index in [0.717, 1.165) is 39.9 Å². The number of nitrogens with zero attached hydrogens (tertiary/aromatic N) is 1. The van der Waals surface area contributed by atoms with Gasteiger partial charge in [0.1, 0.15) is 6.61 Å². The molecular weight excluding hydrogens is 470 g/mol. The normalized spacial score (nSPS) is 16.4. The van der Waals surface area contributed by atoms with Crippen molar-refractivity contribution in [1.82, 2.24) is 4.98 Å². The summed E-state index contributed by atoms with van der Waals surface area (Å²) in [5.74, 6) is 0.687. The van der Waals surface area contributed by atoms with Gasteiger partial charge in [-0.2, -0.15) is 0 Å². The second kappa shape index (κ2) is 10.5. The van der Waals surface area contributed by atoms with Gasteiger partial charge < -0.3 is 10.5 Å². The highest BCUT2D eigenvalue weighted by Crippen LogP contribution is 2.55. The predicted molar refractivity (Wildman–Crippen MR) is 144 cm³/mol. The Morgan fingerprint density at radius 1 is 0.972 bits per heavy atom. The first-order valence-electron chi connectivity index (χ1n) is 12.0. The Hall–Kier alpha value is -3.67. The van der Waals surface area contributed by atoms with Crippen LogP contribution in [0.2, 0.25) is 5.02 Å². The van der Waals surface area contributed by atoms with Crippen LogP contribution in [0, 0.1) is 6.92 Å². The summed E-state index contributed by atoms with van der Waals surface area (Å²) in [6.45, 7) is 2.67. The zero-order chi connectivity index (χ0) is 25.1. The van der Waals surface area contributed by atoms with Crippen LogP contribution in [0.25, 0.3) is 11.1 Å². The number of aromatic nitrogens is 1. The lowest BCUT2D eigenvalue weighted by atomic mass is 9.96. The number of pyridine rings is 1. The number of carbonyl (C=O) groups is 1. The van der Waals surface area contributed by atoms with E-state index < -0.39 is 6.09 Å². The van der Waals surface area contributed by atoms with Crippen molar-refractivity contribution in [3.63, 3.8) is 0 Å². The second-order valence-corrected chi connectivity index (χ2v) is 9.70. The van der Waals surface area contributed by atoms with Crippen LogP contribution in [0.15, 0.2) is 85.1 Å². The van der Waals surface area contributed by atoms with E-state index in [9.17, 15) is 4.79 Å². The van der Waals surface area contributed by atoms with Crippen molar-refractivity contribution in [2.75, 3.05) is 5.32 Å². The van der Waals surface area contributed by atoms with Gasteiger partial charge in [0.25, 0.3) is 0 Å². The highest BCUT2D eigenvalue weighted by molar-refractivity contribution is 6.31. The van der Waals surface area contributed by atoms with Crippen molar-refractivity contribution in [3.05, 3.63) is 118 Å². The number of nitrogens with one attached hydrogen (secondary N) is 1. The molecule has 36 heavy (non-hydrogen) atoms. The average Bonchev–Trinajstić information content (AvgIpc) is 3.69. The average molecular weight is 498 g/mol. The molecule has 1 fully saturated rings. The topological polar surface area (TPSA) is 77.2 Å². The third-order valence-corrected chi connectivity index (χ3v) is 6.74. The zero-order valence-electron chi connectivity index (χ0n) is 20.1. The lowest BCUT2D eigenvalue weighted by Gasteiger charge is -2.11. The summed E-state index contributed by atoms with van der Waals surface area (Å²) in [7, 11) is 0. The van der Waals surface area contributed by atoms with Gasteiger partial charge in [-0.25, -0.2) is 4.79 Å². The number of ether oxygens (including phenoxy) is 1. The molecule has 3 N–H and O–H groups in total. The molecule has 5 nitrogen and oxygen atoms in total. The van der Waals surface area contributed by atoms with E-state index in [2.05, 4.69) is 34.6 Å². The summed E-state index contributed by atoms with van der Waals surface area (Å²) in [5.41, 5.74) is 14.2. The molecular formula is C30H28ClN3O2. The SMILES string of the molecule is Cc1ccc(-c2cc(CN)cc([C@@H]3C[C@H]3c3cc(Cl)cc(NC(=O)OCc4ccccc4)c3)c2)cn1. The minimum atomic E-state index is -0.508. The Balaban J connectivity index is 1.30. The molecule has 0 spiro atoms. The fourth-order valence-corrected chi connectivity index (χ4v) is 4.81. The van der Waals surface area contributed by atoms with E-state index in [1.54, 1.807) is 6.07 Å². The summed E-state index contributed by atoms with van der Waals surface area (Å²) >= 11 is 6.42. The molecule has 1 heterocycles. The minimum Gasteiger partial charge on any atom is -0.444 e. The van der Waals surface area contributed by atoms with Gasteiger partial charge in [-0.3, -0.25) is 10.3 Å². The van der Waals surface area contributed by atoms with Gasteiger partial charge in [0, 0.05) is 34.7 Å². The van der Waals surface area contributed by atoms with E-state index in [1.807, 2.05) is 61.7 Å². The van der Waals surface area contributed by atoms with Crippen LogP contribution in [-0.4, -0.2) is 11.1 Å². The molecule has 6 heteroatoms. The first kappa shape index (κ1) is 24.0. The molecule has 1 aliphatic carbocycles. The van der Waals surface area contributed by atoms with Gasteiger partial charge in [-0.05, 0) is 83.3 Å². The molecule has 2 atom stereocenters. The van der Waals surface area contributed by atoms with Crippen molar-refractivity contribution in [1.29, 1.82) is 0 Å². The monoisotopic (exact) mass is 497 g/mol. The largest absolute Gasteiger partial charge is 0.444 e. The Bertz CT molecular complexity index is 1370. The minimum absolute atomic E-state index is 0.209. The number of rotatable bonds is 7. The number of amides is 1. The van der Waals surface area contributed by atoms with Crippen LogP contribution in [0.3, 0.4) is 0 Å². The number of anilines is 1. The lowest BCUT2D eigenvalue weighted by molar-refractivity contribution is 0.155. The smallest absolute Gasteiger partial charge is 0.411 e. The molecule has 1 aliphatic rings. The standard InChI is InChI=1S/C30H28ClN3O2/c1-19-7-8-22(17-33-19)23-9-21(16-32)10-24(11-23)28-15-29(28)25-12-26(31)14-27(13-25)34-30(35)36-18-20-5-3-2-4-6-20/h2-14,17,28-29H,15-16,18,32H2,1H3,(H,34,35)/t28-,29-/m0/s1. The molecule has 0 radical (unpaired) electrons. The molecule has 0 unspecified atom stereocenters. The molecule has 0 aliphatic heterocycles. The number of nitrogens with two attached hydrogens (primary N) is 1. The van der Waals surface area contributed by atoms with Crippen LogP contribution >= 0.6 is 11.6 Å². The molecule has 182 valence electrons. The van der Waals surface area contributed by atoms with Crippen LogP contribution in [0.4, 0.5) is 10.5 Å².